The van der Waals surface area contributed by atoms with E-state index in [9.17, 15) is 0 Å². The van der Waals surface area contributed by atoms with Gasteiger partial charge in [0.2, 0.25) is 0 Å². The first-order valence-corrected chi connectivity index (χ1v) is 9.40. The van der Waals surface area contributed by atoms with Crippen LogP contribution in [0.15, 0.2) is 12.2 Å². The molecule has 1 N–H and O–H groups in total. The standard InChI is InChI=1S/C14H20NP/c1-7-5-9-3-4-10-14-12-15-6-11(16(10,12)14)13(7,14)8(9)2/h3-4,7-12,15-16H,5-6H2,1-2H3. The van der Waals surface area contributed by atoms with Crippen LogP contribution >= 0.6 is 7.26 Å². The van der Waals surface area contributed by atoms with Gasteiger partial charge in [-0.1, -0.05) is 0 Å². The second-order valence-electron chi connectivity index (χ2n) is 7.58. The van der Waals surface area contributed by atoms with Crippen LogP contribution in [0.25, 0.3) is 0 Å². The van der Waals surface area contributed by atoms with Gasteiger partial charge < -0.3 is 0 Å². The molecule has 0 amide bonds. The maximum atomic E-state index is 3.88. The molecule has 4 aliphatic heterocycles. The van der Waals surface area contributed by atoms with Crippen LogP contribution in [0.4, 0.5) is 0 Å². The van der Waals surface area contributed by atoms with E-state index in [1.54, 1.807) is 0 Å². The first kappa shape index (κ1) is 8.27. The summed E-state index contributed by atoms with van der Waals surface area (Å²) in [4.78, 5) is 0. The zero-order chi connectivity index (χ0) is 10.5. The van der Waals surface area contributed by atoms with E-state index in [1.165, 1.54) is 18.6 Å². The van der Waals surface area contributed by atoms with Crippen molar-refractivity contribution in [1.29, 1.82) is 0 Å². The van der Waals surface area contributed by atoms with Crippen molar-refractivity contribution in [2.45, 2.75) is 42.5 Å². The predicted molar refractivity (Wildman–Crippen MR) is 68.4 cm³/mol. The number of piperidine rings is 1. The van der Waals surface area contributed by atoms with E-state index < -0.39 is 7.26 Å². The number of rotatable bonds is 0. The zero-order valence-corrected chi connectivity index (χ0v) is 11.0. The Morgan fingerprint density at radius 2 is 2.19 bits per heavy atom. The van der Waals surface area contributed by atoms with Crippen LogP contribution in [0.1, 0.15) is 20.3 Å². The number of allylic oxidation sites excluding steroid dienone is 2. The third-order valence-electron chi connectivity index (χ3n) is 8.27. The van der Waals surface area contributed by atoms with Gasteiger partial charge in [0.25, 0.3) is 0 Å². The molecule has 6 aliphatic rings. The summed E-state index contributed by atoms with van der Waals surface area (Å²) in [5.41, 5.74) is 3.16. The molecule has 6 rings (SSSR count). The van der Waals surface area contributed by atoms with E-state index in [-0.39, 0.29) is 0 Å². The molecule has 5 fully saturated rings. The van der Waals surface area contributed by atoms with Crippen molar-refractivity contribution in [3.05, 3.63) is 12.2 Å². The van der Waals surface area contributed by atoms with Crippen molar-refractivity contribution in [1.82, 2.24) is 5.32 Å². The molecule has 1 nitrogen and oxygen atoms in total. The summed E-state index contributed by atoms with van der Waals surface area (Å²) in [5.74, 6) is 4.05. The number of nitrogens with one attached hydrogen (secondary N) is 1. The summed E-state index contributed by atoms with van der Waals surface area (Å²) >= 11 is 0. The van der Waals surface area contributed by atoms with Gasteiger partial charge in [-0.25, -0.2) is 0 Å². The van der Waals surface area contributed by atoms with Gasteiger partial charge in [-0.05, 0) is 0 Å². The molecule has 0 radical (unpaired) electrons. The van der Waals surface area contributed by atoms with Crippen molar-refractivity contribution in [2.75, 3.05) is 6.54 Å². The number of fused-ring (bicyclic) bond motifs is 1. The Hall–Kier alpha value is 0.130. The summed E-state index contributed by atoms with van der Waals surface area (Å²) in [6, 6.07) is 0. The Labute approximate surface area is 97.4 Å². The third-order valence-corrected chi connectivity index (χ3v) is 15.2. The molecule has 3 spiro atoms. The van der Waals surface area contributed by atoms with Gasteiger partial charge in [0.05, 0.1) is 0 Å². The van der Waals surface area contributed by atoms with Crippen LogP contribution in [-0.2, 0) is 0 Å². The Morgan fingerprint density at radius 3 is 3.06 bits per heavy atom. The third kappa shape index (κ3) is 0.379. The minimum atomic E-state index is -0.744. The Kier molecular flexibility index (Phi) is 0.923. The molecule has 2 bridgehead atoms. The molecule has 1 saturated carbocycles. The average molecular weight is 233 g/mol. The molecule has 86 valence electrons. The van der Waals surface area contributed by atoms with Gasteiger partial charge in [-0.15, -0.1) is 0 Å². The molecule has 4 heterocycles. The van der Waals surface area contributed by atoms with Crippen molar-refractivity contribution >= 4 is 7.26 Å². The zero-order valence-electron chi connectivity index (χ0n) is 10.0. The van der Waals surface area contributed by atoms with E-state index >= 15 is 0 Å². The van der Waals surface area contributed by atoms with Crippen molar-refractivity contribution < 1.29 is 0 Å². The molecule has 8 unspecified atom stereocenters. The molecular weight excluding hydrogens is 213 g/mol. The second-order valence-corrected chi connectivity index (χ2v) is 12.2. The van der Waals surface area contributed by atoms with Crippen LogP contribution in [0, 0.1) is 23.2 Å². The molecule has 0 aromatic rings. The van der Waals surface area contributed by atoms with Gasteiger partial charge in [-0.3, -0.25) is 0 Å². The molecule has 4 saturated heterocycles. The summed E-state index contributed by atoms with van der Waals surface area (Å²) in [6.45, 7) is 6.59. The van der Waals surface area contributed by atoms with Gasteiger partial charge in [0.15, 0.2) is 0 Å². The topological polar surface area (TPSA) is 12.0 Å². The fourth-order valence-electron chi connectivity index (χ4n) is 8.36. The summed E-state index contributed by atoms with van der Waals surface area (Å²) in [6.07, 6.45) is 6.84. The van der Waals surface area contributed by atoms with E-state index in [2.05, 4.69) is 31.3 Å². The van der Waals surface area contributed by atoms with E-state index in [0.29, 0.717) is 0 Å². The first-order chi connectivity index (χ1) is 7.75. The Balaban J connectivity index is 1.71. The SMILES string of the molecule is CC1CC2C=CC3C45C6NCC(C14C2C)[PH]365. The second kappa shape index (κ2) is 1.79. The van der Waals surface area contributed by atoms with Gasteiger partial charge in [0.1, 0.15) is 0 Å². The van der Waals surface area contributed by atoms with E-state index in [1.807, 2.05) is 0 Å². The molecule has 0 aromatic carbocycles. The van der Waals surface area contributed by atoms with E-state index in [4.69, 9.17) is 0 Å². The molecule has 16 heavy (non-hydrogen) atoms. The molecule has 8 atom stereocenters. The normalized spacial score (nSPS) is 79.4. The summed E-state index contributed by atoms with van der Waals surface area (Å²) < 4.78 is 0. The van der Waals surface area contributed by atoms with E-state index in [0.717, 1.165) is 39.8 Å². The Bertz CT molecular complexity index is 487. The molecule has 2 aliphatic carbocycles. The fraction of sp³-hybridized carbons (Fsp3) is 0.857. The summed E-state index contributed by atoms with van der Waals surface area (Å²) in [7, 11) is -0.744. The molecule has 0 aromatic heterocycles. The average Bonchev–Trinajstić information content (AvgIpc) is 2.84. The Morgan fingerprint density at radius 1 is 1.31 bits per heavy atom. The molecular formula is C14H20NP. The van der Waals surface area contributed by atoms with Crippen molar-refractivity contribution in [2.24, 2.45) is 23.2 Å². The van der Waals surface area contributed by atoms with Crippen LogP contribution in [0.3, 0.4) is 0 Å². The summed E-state index contributed by atoms with van der Waals surface area (Å²) in [5, 5.41) is 4.80. The van der Waals surface area contributed by atoms with Gasteiger partial charge in [-0.2, -0.15) is 0 Å². The van der Waals surface area contributed by atoms with Crippen molar-refractivity contribution in [3.63, 3.8) is 0 Å². The van der Waals surface area contributed by atoms with Crippen LogP contribution in [-0.4, -0.2) is 28.8 Å². The quantitative estimate of drug-likeness (QED) is 0.498. The number of hydrogen-bond acceptors (Lipinski definition) is 1. The first-order valence-electron chi connectivity index (χ1n) is 7.16. The maximum absolute atomic E-state index is 3.88. The predicted octanol–water partition coefficient (Wildman–Crippen LogP) is 2.03. The van der Waals surface area contributed by atoms with Crippen molar-refractivity contribution in [3.8, 4) is 0 Å². The van der Waals surface area contributed by atoms with Crippen LogP contribution in [0.2, 0.25) is 0 Å². The van der Waals surface area contributed by atoms with Gasteiger partial charge >= 0.3 is 97.0 Å². The monoisotopic (exact) mass is 233 g/mol. The van der Waals surface area contributed by atoms with Crippen LogP contribution < -0.4 is 5.32 Å². The minimum absolute atomic E-state index is 0.744. The fourth-order valence-corrected chi connectivity index (χ4v) is 18.2. The van der Waals surface area contributed by atoms with Crippen LogP contribution in [0.5, 0.6) is 0 Å². The van der Waals surface area contributed by atoms with Gasteiger partial charge in [0, 0.05) is 0 Å². The number of hydrogen-bond donors (Lipinski definition) is 1. The molecule has 2 heteroatoms.